The number of ether oxygens (including phenoxy) is 1. The van der Waals surface area contributed by atoms with Gasteiger partial charge in [0.25, 0.3) is 5.56 Å². The second kappa shape index (κ2) is 11.3. The van der Waals surface area contributed by atoms with Crippen molar-refractivity contribution in [1.82, 2.24) is 19.9 Å². The van der Waals surface area contributed by atoms with Gasteiger partial charge in [-0.25, -0.2) is 8.78 Å². The fourth-order valence-electron chi connectivity index (χ4n) is 3.01. The van der Waals surface area contributed by atoms with Crippen molar-refractivity contribution in [3.05, 3.63) is 85.8 Å². The Bertz CT molecular complexity index is 1240. The highest BCUT2D eigenvalue weighted by molar-refractivity contribution is 9.10. The Morgan fingerprint density at radius 1 is 1.26 bits per heavy atom. The molecule has 0 bridgehead atoms. The number of aliphatic hydroxyl groups is 1. The van der Waals surface area contributed by atoms with Crippen LogP contribution in [0.1, 0.15) is 22.6 Å². The van der Waals surface area contributed by atoms with E-state index in [2.05, 4.69) is 31.2 Å². The van der Waals surface area contributed by atoms with E-state index < -0.39 is 30.2 Å². The van der Waals surface area contributed by atoms with Crippen LogP contribution in [0, 0.1) is 18.6 Å². The number of benzene rings is 1. The number of primary amides is 1. The second-order valence-corrected chi connectivity index (χ2v) is 8.19. The molecule has 0 saturated carbocycles. The normalized spacial score (nSPS) is 11.9. The molecule has 0 aliphatic rings. The summed E-state index contributed by atoms with van der Waals surface area (Å²) in [5.74, 6) is -1.88. The molecular formula is C22H22BrF2N5O4. The lowest BCUT2D eigenvalue weighted by Crippen LogP contribution is -2.43. The number of nitrogens with one attached hydrogen (secondary N) is 1. The van der Waals surface area contributed by atoms with Crippen LogP contribution in [0.2, 0.25) is 0 Å². The van der Waals surface area contributed by atoms with Crippen molar-refractivity contribution < 1.29 is 23.4 Å². The number of rotatable bonds is 10. The zero-order valence-electron chi connectivity index (χ0n) is 18.1. The molecule has 180 valence electrons. The Labute approximate surface area is 201 Å². The van der Waals surface area contributed by atoms with Gasteiger partial charge in [-0.15, -0.1) is 0 Å². The van der Waals surface area contributed by atoms with Crippen LogP contribution in [0.5, 0.6) is 5.75 Å². The molecule has 0 radical (unpaired) electrons. The average Bonchev–Trinajstić information content (AvgIpc) is 2.80. The summed E-state index contributed by atoms with van der Waals surface area (Å²) in [6.07, 6.45) is 2.98. The monoisotopic (exact) mass is 537 g/mol. The van der Waals surface area contributed by atoms with Gasteiger partial charge in [-0.2, -0.15) is 0 Å². The van der Waals surface area contributed by atoms with Crippen molar-refractivity contribution in [2.45, 2.75) is 32.7 Å². The van der Waals surface area contributed by atoms with Gasteiger partial charge in [0.05, 0.1) is 36.9 Å². The number of nitrogens with zero attached hydrogens (tertiary/aromatic N) is 3. The van der Waals surface area contributed by atoms with E-state index in [1.54, 1.807) is 13.0 Å². The van der Waals surface area contributed by atoms with Crippen LogP contribution in [0.15, 0.2) is 45.9 Å². The number of amides is 1. The molecule has 0 aliphatic heterocycles. The van der Waals surface area contributed by atoms with Crippen LogP contribution in [-0.2, 0) is 24.5 Å². The first kappa shape index (κ1) is 25.4. The molecule has 1 atom stereocenters. The van der Waals surface area contributed by atoms with E-state index in [0.717, 1.165) is 12.1 Å². The molecule has 2 heterocycles. The van der Waals surface area contributed by atoms with E-state index in [9.17, 15) is 18.4 Å². The molecule has 3 aromatic rings. The molecule has 4 N–H and O–H groups in total. The van der Waals surface area contributed by atoms with Crippen molar-refractivity contribution in [1.29, 1.82) is 0 Å². The number of halogens is 3. The zero-order valence-corrected chi connectivity index (χ0v) is 19.7. The number of hydrogen-bond donors (Lipinski definition) is 3. The summed E-state index contributed by atoms with van der Waals surface area (Å²) in [5, 5.41) is 11.9. The molecular weight excluding hydrogens is 516 g/mol. The number of aryl methyl sites for hydroxylation is 1. The molecule has 3 rings (SSSR count). The summed E-state index contributed by atoms with van der Waals surface area (Å²) in [6.45, 7) is 1.41. The van der Waals surface area contributed by atoms with Gasteiger partial charge >= 0.3 is 0 Å². The van der Waals surface area contributed by atoms with Crippen LogP contribution in [0.4, 0.5) is 8.78 Å². The lowest BCUT2D eigenvalue weighted by atomic mass is 10.2. The van der Waals surface area contributed by atoms with Crippen molar-refractivity contribution >= 4 is 21.8 Å². The van der Waals surface area contributed by atoms with Gasteiger partial charge in [-0.3, -0.25) is 24.9 Å². The summed E-state index contributed by atoms with van der Waals surface area (Å²) in [5.41, 5.74) is 6.54. The lowest BCUT2D eigenvalue weighted by molar-refractivity contribution is -0.120. The van der Waals surface area contributed by atoms with Gasteiger partial charge in [0.15, 0.2) is 0 Å². The highest BCUT2D eigenvalue weighted by Crippen LogP contribution is 2.24. The van der Waals surface area contributed by atoms with E-state index in [4.69, 9.17) is 15.6 Å². The molecule has 9 nitrogen and oxygen atoms in total. The van der Waals surface area contributed by atoms with Crippen molar-refractivity contribution in [3.8, 4) is 5.75 Å². The molecule has 0 saturated heterocycles. The SMILES string of the molecule is Cc1cc(OCc2ccc(F)cc2F)c(Br)c(=O)n1Cc1cnc(CN[C@H](CO)C(N)=O)cn1. The quantitative estimate of drug-likeness (QED) is 0.357. The van der Waals surface area contributed by atoms with E-state index in [-0.39, 0.29) is 41.0 Å². The topological polar surface area (TPSA) is 132 Å². The Morgan fingerprint density at radius 3 is 2.59 bits per heavy atom. The van der Waals surface area contributed by atoms with E-state index in [1.165, 1.54) is 23.0 Å². The maximum Gasteiger partial charge on any atom is 0.269 e. The first-order valence-electron chi connectivity index (χ1n) is 10.1. The summed E-state index contributed by atoms with van der Waals surface area (Å²) in [4.78, 5) is 32.6. The molecule has 2 aromatic heterocycles. The minimum Gasteiger partial charge on any atom is -0.487 e. The van der Waals surface area contributed by atoms with Crippen LogP contribution in [0.3, 0.4) is 0 Å². The standard InChI is InChI=1S/C22H22BrF2N5O4/c1-12-4-19(34-11-13-2-3-14(24)5-17(13)25)20(23)22(33)30(12)9-16-8-27-15(6-28-16)7-29-18(10-31)21(26)32/h2-6,8,18,29,31H,7,9-11H2,1H3,(H2,26,32)/t18-/m1/s1. The number of pyridine rings is 1. The number of nitrogens with two attached hydrogens (primary N) is 1. The lowest BCUT2D eigenvalue weighted by Gasteiger charge is -2.15. The Hall–Kier alpha value is -3.22. The largest absolute Gasteiger partial charge is 0.487 e. The first-order valence-corrected chi connectivity index (χ1v) is 10.9. The third-order valence-electron chi connectivity index (χ3n) is 4.95. The van der Waals surface area contributed by atoms with Crippen LogP contribution >= 0.6 is 15.9 Å². The third kappa shape index (κ3) is 6.22. The van der Waals surface area contributed by atoms with E-state index in [0.29, 0.717) is 17.1 Å². The molecule has 0 unspecified atom stereocenters. The summed E-state index contributed by atoms with van der Waals surface area (Å²) in [6, 6.07) is 3.91. The number of hydrogen-bond acceptors (Lipinski definition) is 7. The molecule has 1 aromatic carbocycles. The average molecular weight is 538 g/mol. The van der Waals surface area contributed by atoms with E-state index >= 15 is 0 Å². The van der Waals surface area contributed by atoms with Crippen molar-refractivity contribution in [2.24, 2.45) is 5.73 Å². The summed E-state index contributed by atoms with van der Waals surface area (Å²) >= 11 is 3.23. The maximum absolute atomic E-state index is 13.8. The fraction of sp³-hybridized carbons (Fsp3) is 0.273. The minimum absolute atomic E-state index is 0.136. The smallest absolute Gasteiger partial charge is 0.269 e. The first-order chi connectivity index (χ1) is 16.2. The van der Waals surface area contributed by atoms with Crippen LogP contribution in [0.25, 0.3) is 0 Å². The Kier molecular flexibility index (Phi) is 8.42. The fourth-order valence-corrected chi connectivity index (χ4v) is 3.45. The molecule has 0 spiro atoms. The predicted octanol–water partition coefficient (Wildman–Crippen LogP) is 1.55. The highest BCUT2D eigenvalue weighted by Gasteiger charge is 2.15. The summed E-state index contributed by atoms with van der Waals surface area (Å²) in [7, 11) is 0. The van der Waals surface area contributed by atoms with Gasteiger partial charge in [0, 0.05) is 29.9 Å². The second-order valence-electron chi connectivity index (χ2n) is 7.40. The highest BCUT2D eigenvalue weighted by atomic mass is 79.9. The zero-order chi connectivity index (χ0) is 24.8. The van der Waals surface area contributed by atoms with Gasteiger partial charge in [-0.1, -0.05) is 0 Å². The summed E-state index contributed by atoms with van der Waals surface area (Å²) < 4.78 is 34.1. The number of carbonyl (C=O) groups excluding carboxylic acids is 1. The van der Waals surface area contributed by atoms with Gasteiger partial charge in [0.2, 0.25) is 5.91 Å². The van der Waals surface area contributed by atoms with Gasteiger partial charge < -0.3 is 20.1 Å². The predicted molar refractivity (Wildman–Crippen MR) is 122 cm³/mol. The minimum atomic E-state index is -0.889. The maximum atomic E-state index is 13.8. The number of aliphatic hydroxyl groups excluding tert-OH is 1. The molecule has 34 heavy (non-hydrogen) atoms. The van der Waals surface area contributed by atoms with Crippen LogP contribution in [-0.4, -0.2) is 38.2 Å². The molecule has 1 amide bonds. The van der Waals surface area contributed by atoms with Gasteiger partial charge in [0.1, 0.15) is 34.5 Å². The molecule has 0 fully saturated rings. The van der Waals surface area contributed by atoms with Crippen LogP contribution < -0.4 is 21.3 Å². The number of aromatic nitrogens is 3. The Morgan fingerprint density at radius 2 is 1.97 bits per heavy atom. The number of carbonyl (C=O) groups is 1. The Balaban J connectivity index is 1.70. The van der Waals surface area contributed by atoms with Crippen molar-refractivity contribution in [3.63, 3.8) is 0 Å². The third-order valence-corrected chi connectivity index (χ3v) is 5.68. The van der Waals surface area contributed by atoms with Gasteiger partial charge in [-0.05, 0) is 35.0 Å². The van der Waals surface area contributed by atoms with Crippen molar-refractivity contribution in [2.75, 3.05) is 6.61 Å². The molecule has 0 aliphatic carbocycles. The molecule has 12 heteroatoms. The van der Waals surface area contributed by atoms with E-state index in [1.807, 2.05) is 0 Å².